The molecule has 1 heterocycles. The van der Waals surface area contributed by atoms with Crippen molar-refractivity contribution in [3.63, 3.8) is 0 Å². The fraction of sp³-hybridized carbons (Fsp3) is 0.581. The van der Waals surface area contributed by atoms with Crippen LogP contribution in [0.15, 0.2) is 41.3 Å². The molecule has 0 aromatic heterocycles. The standard InChI is InChI=1S/C31H43Cl2NO6S/c1-3-4-9-26(35)10-6-12-38-14-16-40-17-15-39-13-7-18-41(36,37)27-11-5-8-24(19-27)29-22-34(2)23-30-28(29)20-25(32)21-31(30)33/h5,8,11,19-21,29H,3-4,6-7,9-10,12-18,22-23H2,1-2H3/t29-/m0/s1. The van der Waals surface area contributed by atoms with Crippen molar-refractivity contribution in [1.82, 2.24) is 4.90 Å². The minimum absolute atomic E-state index is 0.00487. The van der Waals surface area contributed by atoms with Gasteiger partial charge in [-0.25, -0.2) is 8.42 Å². The van der Waals surface area contributed by atoms with Gasteiger partial charge in [0.15, 0.2) is 9.84 Å². The molecular weight excluding hydrogens is 585 g/mol. The van der Waals surface area contributed by atoms with Crippen LogP contribution in [0.3, 0.4) is 0 Å². The summed E-state index contributed by atoms with van der Waals surface area (Å²) in [4.78, 5) is 14.1. The van der Waals surface area contributed by atoms with Gasteiger partial charge in [-0.15, -0.1) is 0 Å². The molecule has 228 valence electrons. The van der Waals surface area contributed by atoms with E-state index in [-0.39, 0.29) is 11.7 Å². The Morgan fingerprint density at radius 1 is 0.927 bits per heavy atom. The predicted molar refractivity (Wildman–Crippen MR) is 164 cm³/mol. The Kier molecular flexibility index (Phi) is 14.6. The molecule has 0 radical (unpaired) electrons. The van der Waals surface area contributed by atoms with E-state index in [2.05, 4.69) is 11.8 Å². The average Bonchev–Trinajstić information content (AvgIpc) is 2.94. The number of nitrogens with zero attached hydrogens (tertiary/aromatic N) is 1. The molecule has 0 fully saturated rings. The van der Waals surface area contributed by atoms with E-state index in [1.165, 1.54) is 0 Å². The molecule has 10 heteroatoms. The number of ketones is 1. The van der Waals surface area contributed by atoms with Crippen LogP contribution in [-0.4, -0.2) is 78.1 Å². The average molecular weight is 629 g/mol. The Bertz CT molecular complexity index is 1220. The van der Waals surface area contributed by atoms with Gasteiger partial charge in [-0.05, 0) is 67.3 Å². The van der Waals surface area contributed by atoms with Crippen LogP contribution in [-0.2, 0) is 35.4 Å². The molecule has 0 saturated heterocycles. The summed E-state index contributed by atoms with van der Waals surface area (Å²) in [5.41, 5.74) is 3.00. The SMILES string of the molecule is CCCCC(=O)CCCOCCOCCOCCCS(=O)(=O)c1cccc([C@@H]2CN(C)Cc3c(Cl)cc(Cl)cc32)c1. The highest BCUT2D eigenvalue weighted by atomic mass is 35.5. The third kappa shape index (κ3) is 11.2. The summed E-state index contributed by atoms with van der Waals surface area (Å²) < 4.78 is 42.7. The van der Waals surface area contributed by atoms with Crippen molar-refractivity contribution in [2.75, 3.05) is 59.0 Å². The molecular formula is C31H43Cl2NO6S. The van der Waals surface area contributed by atoms with Crippen LogP contribution in [0.2, 0.25) is 10.0 Å². The number of sulfone groups is 1. The van der Waals surface area contributed by atoms with Gasteiger partial charge in [0, 0.05) is 55.1 Å². The molecule has 0 bridgehead atoms. The van der Waals surface area contributed by atoms with Gasteiger partial charge in [0.05, 0.1) is 37.1 Å². The van der Waals surface area contributed by atoms with E-state index in [0.29, 0.717) is 79.6 Å². The van der Waals surface area contributed by atoms with Crippen LogP contribution < -0.4 is 0 Å². The van der Waals surface area contributed by atoms with E-state index in [0.717, 1.165) is 49.0 Å². The Balaban J connectivity index is 1.35. The summed E-state index contributed by atoms with van der Waals surface area (Å²) in [6, 6.07) is 10.9. The minimum atomic E-state index is -3.47. The predicted octanol–water partition coefficient (Wildman–Crippen LogP) is 6.32. The zero-order valence-corrected chi connectivity index (χ0v) is 26.5. The smallest absolute Gasteiger partial charge is 0.178 e. The first-order valence-electron chi connectivity index (χ1n) is 14.4. The van der Waals surface area contributed by atoms with E-state index in [1.54, 1.807) is 24.3 Å². The third-order valence-electron chi connectivity index (χ3n) is 7.11. The number of hydrogen-bond donors (Lipinski definition) is 0. The number of fused-ring (bicyclic) bond motifs is 1. The zero-order valence-electron chi connectivity index (χ0n) is 24.2. The number of hydrogen-bond acceptors (Lipinski definition) is 7. The normalized spacial score (nSPS) is 15.7. The Morgan fingerprint density at radius 3 is 2.29 bits per heavy atom. The maximum Gasteiger partial charge on any atom is 0.178 e. The van der Waals surface area contributed by atoms with Crippen LogP contribution in [0.1, 0.15) is 68.1 Å². The van der Waals surface area contributed by atoms with Gasteiger partial charge in [0.25, 0.3) is 0 Å². The molecule has 3 rings (SSSR count). The summed E-state index contributed by atoms with van der Waals surface area (Å²) in [6.45, 7) is 6.18. The van der Waals surface area contributed by atoms with Crippen LogP contribution in [0.5, 0.6) is 0 Å². The second-order valence-corrected chi connectivity index (χ2v) is 13.5. The summed E-state index contributed by atoms with van der Waals surface area (Å²) in [5.74, 6) is 0.286. The Morgan fingerprint density at radius 2 is 1.59 bits per heavy atom. The first kappa shape index (κ1) is 34.0. The van der Waals surface area contributed by atoms with Crippen molar-refractivity contribution >= 4 is 38.8 Å². The van der Waals surface area contributed by atoms with E-state index in [9.17, 15) is 13.2 Å². The number of carbonyl (C=O) groups excluding carboxylic acids is 1. The molecule has 0 aliphatic carbocycles. The maximum absolute atomic E-state index is 13.1. The van der Waals surface area contributed by atoms with Gasteiger partial charge >= 0.3 is 0 Å². The van der Waals surface area contributed by atoms with Gasteiger partial charge in [0.2, 0.25) is 0 Å². The monoisotopic (exact) mass is 627 g/mol. The first-order chi connectivity index (χ1) is 19.7. The van der Waals surface area contributed by atoms with Gasteiger partial charge in [0.1, 0.15) is 5.78 Å². The lowest BCUT2D eigenvalue weighted by Crippen LogP contribution is -2.31. The van der Waals surface area contributed by atoms with Crippen LogP contribution in [0, 0.1) is 0 Å². The molecule has 0 saturated carbocycles. The van der Waals surface area contributed by atoms with Crippen molar-refractivity contribution in [3.8, 4) is 0 Å². The molecule has 0 spiro atoms. The minimum Gasteiger partial charge on any atom is -0.379 e. The molecule has 1 atom stereocenters. The highest BCUT2D eigenvalue weighted by Gasteiger charge is 2.28. The van der Waals surface area contributed by atoms with E-state index in [4.69, 9.17) is 37.4 Å². The van der Waals surface area contributed by atoms with Crippen LogP contribution in [0.25, 0.3) is 0 Å². The summed E-state index contributed by atoms with van der Waals surface area (Å²) in [5, 5.41) is 1.21. The summed E-state index contributed by atoms with van der Waals surface area (Å²) in [6.07, 6.45) is 4.38. The molecule has 2 aromatic rings. The quantitative estimate of drug-likeness (QED) is 0.168. The first-order valence-corrected chi connectivity index (χ1v) is 16.9. The largest absolute Gasteiger partial charge is 0.379 e. The lowest BCUT2D eigenvalue weighted by Gasteiger charge is -2.33. The van der Waals surface area contributed by atoms with E-state index < -0.39 is 9.84 Å². The summed E-state index contributed by atoms with van der Waals surface area (Å²) in [7, 11) is -1.44. The fourth-order valence-corrected chi connectivity index (χ4v) is 6.84. The molecule has 1 aliphatic heterocycles. The van der Waals surface area contributed by atoms with Gasteiger partial charge in [-0.2, -0.15) is 0 Å². The molecule has 1 aliphatic rings. The number of Topliss-reactive ketones (excluding diaryl/α,β-unsaturated/α-hetero) is 1. The number of likely N-dealkylation sites (N-methyl/N-ethyl adjacent to an activating group) is 1. The highest BCUT2D eigenvalue weighted by molar-refractivity contribution is 7.91. The lowest BCUT2D eigenvalue weighted by molar-refractivity contribution is -0.119. The molecule has 2 aromatic carbocycles. The Labute approximate surface area is 255 Å². The molecule has 0 N–H and O–H groups in total. The van der Waals surface area contributed by atoms with E-state index >= 15 is 0 Å². The third-order valence-corrected chi connectivity index (χ3v) is 9.46. The highest BCUT2D eigenvalue weighted by Crippen LogP contribution is 2.38. The topological polar surface area (TPSA) is 82.1 Å². The number of ether oxygens (including phenoxy) is 3. The van der Waals surface area contributed by atoms with Crippen molar-refractivity contribution < 1.29 is 27.4 Å². The second kappa shape index (κ2) is 17.6. The second-order valence-electron chi connectivity index (χ2n) is 10.5. The summed E-state index contributed by atoms with van der Waals surface area (Å²) >= 11 is 12.8. The number of halogens is 2. The molecule has 41 heavy (non-hydrogen) atoms. The number of unbranched alkanes of at least 4 members (excludes halogenated alkanes) is 1. The van der Waals surface area contributed by atoms with Crippen molar-refractivity contribution in [3.05, 3.63) is 63.1 Å². The lowest BCUT2D eigenvalue weighted by atomic mass is 9.85. The van der Waals surface area contributed by atoms with Gasteiger partial charge in [-0.1, -0.05) is 48.7 Å². The van der Waals surface area contributed by atoms with E-state index in [1.807, 2.05) is 19.2 Å². The number of carbonyl (C=O) groups is 1. The zero-order chi connectivity index (χ0) is 29.7. The number of benzene rings is 2. The fourth-order valence-electron chi connectivity index (χ4n) is 4.94. The van der Waals surface area contributed by atoms with Crippen molar-refractivity contribution in [2.45, 2.75) is 62.8 Å². The Hall–Kier alpha value is -1.52. The molecule has 0 amide bonds. The van der Waals surface area contributed by atoms with Gasteiger partial charge in [-0.3, -0.25) is 4.79 Å². The van der Waals surface area contributed by atoms with Gasteiger partial charge < -0.3 is 19.1 Å². The van der Waals surface area contributed by atoms with Crippen molar-refractivity contribution in [2.24, 2.45) is 0 Å². The maximum atomic E-state index is 13.1. The van der Waals surface area contributed by atoms with Crippen LogP contribution >= 0.6 is 23.2 Å². The molecule has 0 unspecified atom stereocenters. The number of rotatable bonds is 19. The van der Waals surface area contributed by atoms with Crippen molar-refractivity contribution in [1.29, 1.82) is 0 Å². The molecule has 7 nitrogen and oxygen atoms in total. The van der Waals surface area contributed by atoms with Crippen LogP contribution in [0.4, 0.5) is 0 Å².